The molecule has 5 heteroatoms. The Bertz CT molecular complexity index is 423. The third kappa shape index (κ3) is 4.45. The van der Waals surface area contributed by atoms with E-state index in [1.54, 1.807) is 12.1 Å². The molecule has 2 nitrogen and oxygen atoms in total. The van der Waals surface area contributed by atoms with Crippen LogP contribution in [0.5, 0.6) is 5.75 Å². The van der Waals surface area contributed by atoms with Gasteiger partial charge in [0.15, 0.2) is 0 Å². The first-order valence-electron chi connectivity index (χ1n) is 5.21. The molecule has 1 aromatic carbocycles. The second kappa shape index (κ2) is 6.03. The third-order valence-electron chi connectivity index (χ3n) is 2.55. The molecule has 0 bridgehead atoms. The van der Waals surface area contributed by atoms with Gasteiger partial charge >= 0.3 is 0 Å². The zero-order chi connectivity index (χ0) is 13.1. The Kier molecular flexibility index (Phi) is 5.22. The van der Waals surface area contributed by atoms with E-state index in [1.807, 2.05) is 19.9 Å². The van der Waals surface area contributed by atoms with E-state index in [1.165, 1.54) is 0 Å². The molecule has 0 saturated carbocycles. The lowest BCUT2D eigenvalue weighted by molar-refractivity contribution is 0.269. The molecule has 17 heavy (non-hydrogen) atoms. The minimum atomic E-state index is -0.186. The van der Waals surface area contributed by atoms with Gasteiger partial charge in [0.05, 0.1) is 16.1 Å². The van der Waals surface area contributed by atoms with Gasteiger partial charge in [-0.3, -0.25) is 0 Å². The highest BCUT2D eigenvalue weighted by atomic mass is 79.9. The predicted molar refractivity (Wildman–Crippen MR) is 79.8 cm³/mol. The van der Waals surface area contributed by atoms with Gasteiger partial charge in [-0.15, -0.1) is 0 Å². The Morgan fingerprint density at radius 1 is 1.53 bits per heavy atom. The zero-order valence-corrected chi connectivity index (χ0v) is 13.0. The van der Waals surface area contributed by atoms with Gasteiger partial charge in [-0.2, -0.15) is 0 Å². The van der Waals surface area contributed by atoms with Crippen LogP contribution in [0.25, 0.3) is 0 Å². The van der Waals surface area contributed by atoms with E-state index in [0.29, 0.717) is 16.6 Å². The van der Waals surface area contributed by atoms with Crippen LogP contribution in [-0.2, 0) is 0 Å². The maximum atomic E-state index is 5.85. The fraction of sp³-hybridized carbons (Fsp3) is 0.417. The Balaban J connectivity index is 2.54. The van der Waals surface area contributed by atoms with Crippen LogP contribution >= 0.6 is 39.7 Å². The number of ether oxygens (including phenoxy) is 1. The first-order valence-corrected chi connectivity index (χ1v) is 6.78. The molecule has 1 aromatic rings. The predicted octanol–water partition coefficient (Wildman–Crippen LogP) is 4.18. The molecule has 0 saturated heterocycles. The molecule has 0 amide bonds. The van der Waals surface area contributed by atoms with Crippen molar-refractivity contribution in [2.24, 2.45) is 11.1 Å². The molecule has 0 atom stereocenters. The Hall–Kier alpha value is -0.320. The minimum Gasteiger partial charge on any atom is -0.492 e. The lowest BCUT2D eigenvalue weighted by Gasteiger charge is -2.23. The van der Waals surface area contributed by atoms with Gasteiger partial charge < -0.3 is 10.5 Å². The monoisotopic (exact) mass is 335 g/mol. The average molecular weight is 337 g/mol. The Morgan fingerprint density at radius 2 is 2.18 bits per heavy atom. The van der Waals surface area contributed by atoms with E-state index in [0.717, 1.165) is 16.6 Å². The molecule has 0 aromatic heterocycles. The van der Waals surface area contributed by atoms with Gasteiger partial charge in [-0.05, 0) is 40.5 Å². The van der Waals surface area contributed by atoms with Crippen LogP contribution in [0.15, 0.2) is 22.7 Å². The fourth-order valence-electron chi connectivity index (χ4n) is 1.13. The summed E-state index contributed by atoms with van der Waals surface area (Å²) < 4.78 is 6.50. The summed E-state index contributed by atoms with van der Waals surface area (Å²) in [4.78, 5) is 0.510. The fourth-order valence-corrected chi connectivity index (χ4v) is 2.03. The van der Waals surface area contributed by atoms with Crippen molar-refractivity contribution in [3.63, 3.8) is 0 Å². The second-order valence-electron chi connectivity index (χ2n) is 4.42. The number of rotatable bonds is 5. The van der Waals surface area contributed by atoms with Crippen molar-refractivity contribution in [1.82, 2.24) is 0 Å². The highest BCUT2D eigenvalue weighted by Crippen LogP contribution is 2.29. The summed E-state index contributed by atoms with van der Waals surface area (Å²) in [6.07, 6.45) is 0.775. The smallest absolute Gasteiger partial charge is 0.133 e. The molecule has 2 N–H and O–H groups in total. The van der Waals surface area contributed by atoms with Gasteiger partial charge in [-0.25, -0.2) is 0 Å². The van der Waals surface area contributed by atoms with Crippen molar-refractivity contribution in [2.75, 3.05) is 6.61 Å². The summed E-state index contributed by atoms with van der Waals surface area (Å²) in [5, 5.41) is 0.674. The number of halogens is 2. The van der Waals surface area contributed by atoms with E-state index >= 15 is 0 Å². The lowest BCUT2D eigenvalue weighted by Crippen LogP contribution is -2.31. The van der Waals surface area contributed by atoms with E-state index in [9.17, 15) is 0 Å². The van der Waals surface area contributed by atoms with Crippen molar-refractivity contribution in [2.45, 2.75) is 20.3 Å². The summed E-state index contributed by atoms with van der Waals surface area (Å²) in [5.74, 6) is 0.771. The molecular formula is C12H15BrClNOS. The Labute approximate surface area is 121 Å². The standard InChI is InChI=1S/C12H15BrClNOS/c1-12(2,11(15)17)5-6-16-10-4-3-8(14)7-9(10)13/h3-4,7H,5-6H2,1-2H3,(H2,15,17). The summed E-state index contributed by atoms with van der Waals surface area (Å²) >= 11 is 14.2. The molecule has 0 aliphatic heterocycles. The van der Waals surface area contributed by atoms with Crippen LogP contribution in [-0.4, -0.2) is 11.6 Å². The quantitative estimate of drug-likeness (QED) is 0.819. The number of hydrogen-bond donors (Lipinski definition) is 1. The lowest BCUT2D eigenvalue weighted by atomic mass is 9.90. The molecule has 94 valence electrons. The number of hydrogen-bond acceptors (Lipinski definition) is 2. The third-order valence-corrected chi connectivity index (χ3v) is 3.95. The van der Waals surface area contributed by atoms with Crippen LogP contribution in [0, 0.1) is 5.41 Å². The van der Waals surface area contributed by atoms with Crippen LogP contribution in [0.1, 0.15) is 20.3 Å². The zero-order valence-electron chi connectivity index (χ0n) is 9.80. The molecule has 0 unspecified atom stereocenters. The molecule has 0 heterocycles. The number of benzene rings is 1. The van der Waals surface area contributed by atoms with Gasteiger partial charge in [0, 0.05) is 10.4 Å². The number of nitrogens with two attached hydrogens (primary N) is 1. The Morgan fingerprint density at radius 3 is 2.71 bits per heavy atom. The molecule has 1 rings (SSSR count). The SMILES string of the molecule is CC(C)(CCOc1ccc(Cl)cc1Br)C(N)=S. The van der Waals surface area contributed by atoms with Crippen LogP contribution in [0.2, 0.25) is 5.02 Å². The van der Waals surface area contributed by atoms with E-state index in [4.69, 9.17) is 34.3 Å². The molecule has 0 fully saturated rings. The highest BCUT2D eigenvalue weighted by molar-refractivity contribution is 9.10. The van der Waals surface area contributed by atoms with E-state index in [2.05, 4.69) is 15.9 Å². The average Bonchev–Trinajstić information content (AvgIpc) is 2.21. The summed E-state index contributed by atoms with van der Waals surface area (Å²) in [7, 11) is 0. The summed E-state index contributed by atoms with van der Waals surface area (Å²) in [5.41, 5.74) is 5.46. The largest absolute Gasteiger partial charge is 0.492 e. The van der Waals surface area contributed by atoms with Crippen LogP contribution < -0.4 is 10.5 Å². The topological polar surface area (TPSA) is 35.2 Å². The van der Waals surface area contributed by atoms with Crippen LogP contribution in [0.3, 0.4) is 0 Å². The van der Waals surface area contributed by atoms with Crippen LogP contribution in [0.4, 0.5) is 0 Å². The highest BCUT2D eigenvalue weighted by Gasteiger charge is 2.21. The van der Waals surface area contributed by atoms with Crippen molar-refractivity contribution >= 4 is 44.7 Å². The molecular weight excluding hydrogens is 322 g/mol. The van der Waals surface area contributed by atoms with Gasteiger partial charge in [0.2, 0.25) is 0 Å². The van der Waals surface area contributed by atoms with Crippen molar-refractivity contribution in [1.29, 1.82) is 0 Å². The first-order chi connectivity index (χ1) is 7.83. The summed E-state index contributed by atoms with van der Waals surface area (Å²) in [6.45, 7) is 4.58. The molecule has 0 radical (unpaired) electrons. The molecule has 0 aliphatic carbocycles. The second-order valence-corrected chi connectivity index (χ2v) is 6.15. The van der Waals surface area contributed by atoms with Crippen molar-refractivity contribution in [3.05, 3.63) is 27.7 Å². The van der Waals surface area contributed by atoms with Crippen molar-refractivity contribution in [3.8, 4) is 5.75 Å². The minimum absolute atomic E-state index is 0.186. The molecule has 0 aliphatic rings. The number of thiocarbonyl (C=S) groups is 1. The van der Waals surface area contributed by atoms with E-state index in [-0.39, 0.29) is 5.41 Å². The van der Waals surface area contributed by atoms with Crippen molar-refractivity contribution < 1.29 is 4.74 Å². The summed E-state index contributed by atoms with van der Waals surface area (Å²) in [6, 6.07) is 5.43. The first kappa shape index (κ1) is 14.7. The normalized spacial score (nSPS) is 11.3. The van der Waals surface area contributed by atoms with Gasteiger partial charge in [0.1, 0.15) is 5.75 Å². The van der Waals surface area contributed by atoms with Gasteiger partial charge in [0.25, 0.3) is 0 Å². The maximum absolute atomic E-state index is 5.85. The maximum Gasteiger partial charge on any atom is 0.133 e. The molecule has 0 spiro atoms. The van der Waals surface area contributed by atoms with E-state index < -0.39 is 0 Å². The van der Waals surface area contributed by atoms with Gasteiger partial charge in [-0.1, -0.05) is 37.7 Å².